The van der Waals surface area contributed by atoms with Crippen LogP contribution in [0.4, 0.5) is 0 Å². The van der Waals surface area contributed by atoms with Crippen LogP contribution < -0.4 is 10.5 Å². The summed E-state index contributed by atoms with van der Waals surface area (Å²) < 4.78 is 10.1. The van der Waals surface area contributed by atoms with E-state index in [2.05, 4.69) is 18.6 Å². The van der Waals surface area contributed by atoms with Gasteiger partial charge in [0.25, 0.3) is 0 Å². The maximum absolute atomic E-state index is 11.4. The Kier molecular flexibility index (Phi) is 4.73. The maximum Gasteiger partial charge on any atom is 0.329 e. The zero-order valence-electron chi connectivity index (χ0n) is 11.4. The number of rotatable bonds is 5. The maximum atomic E-state index is 11.4. The fraction of sp³-hybridized carbons (Fsp3) is 0.500. The van der Waals surface area contributed by atoms with E-state index in [1.165, 1.54) is 12.7 Å². The molecule has 1 atom stereocenters. The third-order valence-electron chi connectivity index (χ3n) is 2.74. The third-order valence-corrected chi connectivity index (χ3v) is 2.74. The van der Waals surface area contributed by atoms with Crippen LogP contribution >= 0.6 is 0 Å². The normalized spacial score (nSPS) is 14.1. The first-order valence-corrected chi connectivity index (χ1v) is 5.97. The van der Waals surface area contributed by atoms with Crippen molar-refractivity contribution in [3.8, 4) is 5.75 Å². The third kappa shape index (κ3) is 3.74. The molecule has 0 bridgehead atoms. The van der Waals surface area contributed by atoms with E-state index in [-0.39, 0.29) is 6.61 Å². The highest BCUT2D eigenvalue weighted by Crippen LogP contribution is 2.19. The molecule has 0 radical (unpaired) electrons. The molecule has 0 aliphatic carbocycles. The monoisotopic (exact) mass is 251 g/mol. The van der Waals surface area contributed by atoms with E-state index >= 15 is 0 Å². The molecule has 0 aromatic heterocycles. The zero-order valence-corrected chi connectivity index (χ0v) is 11.4. The van der Waals surface area contributed by atoms with E-state index in [0.717, 1.165) is 0 Å². The van der Waals surface area contributed by atoms with Crippen LogP contribution in [0.5, 0.6) is 5.75 Å². The summed E-state index contributed by atoms with van der Waals surface area (Å²) >= 11 is 0. The van der Waals surface area contributed by atoms with Crippen molar-refractivity contribution in [2.45, 2.75) is 32.2 Å². The van der Waals surface area contributed by atoms with Crippen LogP contribution in [0.1, 0.15) is 32.3 Å². The lowest BCUT2D eigenvalue weighted by Gasteiger charge is -2.21. The molecule has 0 aliphatic heterocycles. The highest BCUT2D eigenvalue weighted by atomic mass is 16.5. The predicted octanol–water partition coefficient (Wildman–Crippen LogP) is 2.08. The van der Waals surface area contributed by atoms with Gasteiger partial charge in [0.05, 0.1) is 7.11 Å². The Hall–Kier alpha value is -1.55. The number of carbonyl (C=O) groups is 1. The predicted molar refractivity (Wildman–Crippen MR) is 70.6 cm³/mol. The van der Waals surface area contributed by atoms with Crippen molar-refractivity contribution < 1.29 is 14.3 Å². The van der Waals surface area contributed by atoms with Crippen LogP contribution in [0.3, 0.4) is 0 Å². The number of carbonyl (C=O) groups excluding carboxylic acids is 1. The summed E-state index contributed by atoms with van der Waals surface area (Å²) in [6.07, 6.45) is 0. The van der Waals surface area contributed by atoms with E-state index in [0.29, 0.717) is 11.7 Å². The highest BCUT2D eigenvalue weighted by molar-refractivity contribution is 5.80. The topological polar surface area (TPSA) is 61.5 Å². The van der Waals surface area contributed by atoms with E-state index in [1.807, 2.05) is 24.3 Å². The molecule has 0 amide bonds. The molecule has 1 unspecified atom stereocenters. The van der Waals surface area contributed by atoms with Gasteiger partial charge in [-0.2, -0.15) is 0 Å². The number of hydrogen-bond acceptors (Lipinski definition) is 4. The van der Waals surface area contributed by atoms with Gasteiger partial charge in [0.2, 0.25) is 0 Å². The van der Waals surface area contributed by atoms with Crippen molar-refractivity contribution in [2.24, 2.45) is 5.73 Å². The summed E-state index contributed by atoms with van der Waals surface area (Å²) in [5.41, 5.74) is 5.91. The van der Waals surface area contributed by atoms with Gasteiger partial charge in [0.15, 0.2) is 0 Å². The summed E-state index contributed by atoms with van der Waals surface area (Å²) in [4.78, 5) is 11.4. The molecule has 0 heterocycles. The first-order valence-electron chi connectivity index (χ1n) is 5.97. The van der Waals surface area contributed by atoms with E-state index in [4.69, 9.17) is 10.5 Å². The Balaban J connectivity index is 2.61. The molecular weight excluding hydrogens is 230 g/mol. The molecule has 1 aromatic rings. The molecule has 0 spiro atoms. The van der Waals surface area contributed by atoms with Gasteiger partial charge in [0.1, 0.15) is 17.9 Å². The van der Waals surface area contributed by atoms with Gasteiger partial charge in [-0.25, -0.2) is 4.79 Å². The van der Waals surface area contributed by atoms with Crippen LogP contribution in [-0.2, 0) is 9.53 Å². The minimum absolute atomic E-state index is 0.0840. The number of methoxy groups -OCH3 is 1. The zero-order chi connectivity index (χ0) is 13.8. The van der Waals surface area contributed by atoms with Crippen molar-refractivity contribution in [3.63, 3.8) is 0 Å². The van der Waals surface area contributed by atoms with Crippen molar-refractivity contribution in [1.82, 2.24) is 0 Å². The molecule has 0 fully saturated rings. The van der Waals surface area contributed by atoms with Gasteiger partial charge >= 0.3 is 5.97 Å². The van der Waals surface area contributed by atoms with Crippen molar-refractivity contribution >= 4 is 5.97 Å². The van der Waals surface area contributed by atoms with Crippen LogP contribution in [0.15, 0.2) is 24.3 Å². The number of esters is 1. The lowest BCUT2D eigenvalue weighted by molar-refractivity contribution is -0.147. The lowest BCUT2D eigenvalue weighted by atomic mass is 10.0. The van der Waals surface area contributed by atoms with Gasteiger partial charge < -0.3 is 15.2 Å². The SMILES string of the molecule is COC(=O)C(C)(N)COc1ccc(C(C)C)cc1. The molecule has 100 valence electrons. The largest absolute Gasteiger partial charge is 0.491 e. The average Bonchev–Trinajstić information content (AvgIpc) is 2.35. The number of hydrogen-bond donors (Lipinski definition) is 1. The van der Waals surface area contributed by atoms with Gasteiger partial charge in [-0.3, -0.25) is 0 Å². The second-order valence-electron chi connectivity index (χ2n) is 4.92. The van der Waals surface area contributed by atoms with E-state index in [1.54, 1.807) is 6.92 Å². The summed E-state index contributed by atoms with van der Waals surface area (Å²) in [5.74, 6) is 0.690. The number of ether oxygens (including phenoxy) is 2. The average molecular weight is 251 g/mol. The molecular formula is C14H21NO3. The minimum Gasteiger partial charge on any atom is -0.491 e. The molecule has 4 heteroatoms. The fourth-order valence-electron chi connectivity index (χ4n) is 1.47. The van der Waals surface area contributed by atoms with E-state index < -0.39 is 11.5 Å². The fourth-order valence-corrected chi connectivity index (χ4v) is 1.47. The van der Waals surface area contributed by atoms with Gasteiger partial charge in [-0.05, 0) is 30.5 Å². The molecule has 1 rings (SSSR count). The Morgan fingerprint density at radius 2 is 1.89 bits per heavy atom. The first-order chi connectivity index (χ1) is 8.36. The first kappa shape index (κ1) is 14.5. The van der Waals surface area contributed by atoms with Crippen molar-refractivity contribution in [1.29, 1.82) is 0 Å². The standard InChI is InChI=1S/C14H21NO3/c1-10(2)11-5-7-12(8-6-11)18-9-14(3,15)13(16)17-4/h5-8,10H,9,15H2,1-4H3. The molecule has 1 aromatic carbocycles. The Morgan fingerprint density at radius 1 is 1.33 bits per heavy atom. The quantitative estimate of drug-likeness (QED) is 0.814. The highest BCUT2D eigenvalue weighted by Gasteiger charge is 2.30. The molecule has 4 nitrogen and oxygen atoms in total. The molecule has 2 N–H and O–H groups in total. The Bertz CT molecular complexity index is 396. The Labute approximate surface area is 108 Å². The Morgan fingerprint density at radius 3 is 2.33 bits per heavy atom. The van der Waals surface area contributed by atoms with Gasteiger partial charge in [-0.15, -0.1) is 0 Å². The smallest absolute Gasteiger partial charge is 0.329 e. The van der Waals surface area contributed by atoms with Crippen LogP contribution in [0.25, 0.3) is 0 Å². The molecule has 18 heavy (non-hydrogen) atoms. The molecule has 0 saturated heterocycles. The van der Waals surface area contributed by atoms with E-state index in [9.17, 15) is 4.79 Å². The lowest BCUT2D eigenvalue weighted by Crippen LogP contribution is -2.50. The second-order valence-corrected chi connectivity index (χ2v) is 4.92. The second kappa shape index (κ2) is 5.87. The van der Waals surface area contributed by atoms with Crippen LogP contribution in [0.2, 0.25) is 0 Å². The molecule has 0 aliphatic rings. The van der Waals surface area contributed by atoms with Crippen LogP contribution in [0, 0.1) is 0 Å². The summed E-state index contributed by atoms with van der Waals surface area (Å²) in [6, 6.07) is 7.77. The number of benzene rings is 1. The summed E-state index contributed by atoms with van der Waals surface area (Å²) in [7, 11) is 1.31. The van der Waals surface area contributed by atoms with Crippen molar-refractivity contribution in [2.75, 3.05) is 13.7 Å². The minimum atomic E-state index is -1.13. The molecule has 0 saturated carbocycles. The van der Waals surface area contributed by atoms with Gasteiger partial charge in [0, 0.05) is 0 Å². The summed E-state index contributed by atoms with van der Waals surface area (Å²) in [5, 5.41) is 0. The summed E-state index contributed by atoms with van der Waals surface area (Å²) in [6.45, 7) is 5.93. The number of nitrogens with two attached hydrogens (primary N) is 1. The van der Waals surface area contributed by atoms with Gasteiger partial charge in [-0.1, -0.05) is 26.0 Å². The van der Waals surface area contributed by atoms with Crippen molar-refractivity contribution in [3.05, 3.63) is 29.8 Å². The van der Waals surface area contributed by atoms with Crippen LogP contribution in [-0.4, -0.2) is 25.2 Å².